The van der Waals surface area contributed by atoms with Gasteiger partial charge >= 0.3 is 41.3 Å². The van der Waals surface area contributed by atoms with Gasteiger partial charge in [0.25, 0.3) is 0 Å². The van der Waals surface area contributed by atoms with E-state index in [1.165, 1.54) is 52.6 Å². The molecule has 3 heteroatoms. The van der Waals surface area contributed by atoms with E-state index in [4.69, 9.17) is 0 Å². The molecule has 0 nitrogen and oxygen atoms in total. The van der Waals surface area contributed by atoms with Crippen LogP contribution in [0.15, 0.2) is 48.6 Å². The summed E-state index contributed by atoms with van der Waals surface area (Å²) in [6, 6.07) is 11.1. The first-order valence-corrected chi connectivity index (χ1v) is 10.1. The van der Waals surface area contributed by atoms with Crippen LogP contribution in [0.2, 0.25) is 0 Å². The summed E-state index contributed by atoms with van der Waals surface area (Å²) in [6.07, 6.45) is 7.76. The Kier molecular flexibility index (Phi) is 9.00. The van der Waals surface area contributed by atoms with Gasteiger partial charge in [0.1, 0.15) is 0 Å². The Labute approximate surface area is 190 Å². The number of benzene rings is 2. The maximum Gasteiger partial charge on any atom is -0.0159 e. The van der Waals surface area contributed by atoms with Crippen LogP contribution in [0, 0.1) is 20.8 Å². The second kappa shape index (κ2) is 10.1. The molecular weight excluding hydrogens is 450 g/mol. The van der Waals surface area contributed by atoms with Crippen LogP contribution in [0.5, 0.6) is 0 Å². The summed E-state index contributed by atoms with van der Waals surface area (Å²) in [5.74, 6) is 0. The summed E-state index contributed by atoms with van der Waals surface area (Å²) < 4.78 is 1.51. The van der Waals surface area contributed by atoms with Gasteiger partial charge in [-0.05, 0) is 27.2 Å². The number of fused-ring (bicyclic) bond motifs is 3. The van der Waals surface area contributed by atoms with Gasteiger partial charge < -0.3 is 24.8 Å². The maximum atomic E-state index is 2.37. The van der Waals surface area contributed by atoms with E-state index in [9.17, 15) is 0 Å². The standard InChI is InChI=1S/C21H19.C3H6.2ClH.Zr/c1-13-14(2)20(16-8-4-5-9-16)19-12-17-10-6-7-11-18(17)21(19)15(13)3;1-3-2;;;/h4-8,10-12H,9H2,1-3H3;1-2H3;2*1H;/q-1;;;;+2/p-2. The van der Waals surface area contributed by atoms with Crippen molar-refractivity contribution in [3.8, 4) is 0 Å². The molecule has 140 valence electrons. The van der Waals surface area contributed by atoms with Crippen LogP contribution in [0.3, 0.4) is 0 Å². The number of halogens is 2. The van der Waals surface area contributed by atoms with Crippen molar-refractivity contribution in [1.29, 1.82) is 0 Å². The molecule has 0 saturated carbocycles. The van der Waals surface area contributed by atoms with Gasteiger partial charge in [-0.25, -0.2) is 0 Å². The Morgan fingerprint density at radius 3 is 2.19 bits per heavy atom. The van der Waals surface area contributed by atoms with Crippen LogP contribution >= 0.6 is 0 Å². The Bertz CT molecular complexity index is 1030. The van der Waals surface area contributed by atoms with Crippen molar-refractivity contribution in [2.24, 2.45) is 0 Å². The van der Waals surface area contributed by atoms with E-state index in [0.29, 0.717) is 0 Å². The van der Waals surface area contributed by atoms with Gasteiger partial charge in [0, 0.05) is 0 Å². The first-order chi connectivity index (χ1) is 11.9. The van der Waals surface area contributed by atoms with Crippen molar-refractivity contribution in [3.63, 3.8) is 0 Å². The molecule has 0 aliphatic heterocycles. The molecule has 1 aliphatic rings. The van der Waals surface area contributed by atoms with Gasteiger partial charge in [-0.2, -0.15) is 0 Å². The zero-order valence-corrected chi connectivity index (χ0v) is 20.6. The van der Waals surface area contributed by atoms with Crippen molar-refractivity contribution < 1.29 is 49.0 Å². The molecule has 0 heterocycles. The molecular formula is C24H25Cl2Zr-. The molecule has 3 aromatic rings. The van der Waals surface area contributed by atoms with E-state index >= 15 is 0 Å². The summed E-state index contributed by atoms with van der Waals surface area (Å²) in [4.78, 5) is 0. The molecule has 0 N–H and O–H groups in total. The third-order valence-corrected chi connectivity index (χ3v) is 5.04. The van der Waals surface area contributed by atoms with Crippen molar-refractivity contribution in [2.45, 2.75) is 41.0 Å². The van der Waals surface area contributed by atoms with Crippen molar-refractivity contribution in [2.75, 3.05) is 0 Å². The minimum Gasteiger partial charge on any atom is -1.00 e. The van der Waals surface area contributed by atoms with E-state index in [1.54, 1.807) is 24.2 Å². The zero-order chi connectivity index (χ0) is 18.1. The van der Waals surface area contributed by atoms with Crippen LogP contribution in [0.4, 0.5) is 0 Å². The summed E-state index contributed by atoms with van der Waals surface area (Å²) in [7, 11) is 0. The molecule has 0 fully saturated rings. The molecule has 0 atom stereocenters. The monoisotopic (exact) mass is 473 g/mol. The Hall–Kier alpha value is -0.877. The van der Waals surface area contributed by atoms with E-state index in [2.05, 4.69) is 83.2 Å². The number of hydrogen-bond acceptors (Lipinski definition) is 0. The topological polar surface area (TPSA) is 0 Å². The minimum absolute atomic E-state index is 0. The van der Waals surface area contributed by atoms with E-state index in [1.807, 2.05) is 0 Å². The predicted molar refractivity (Wildman–Crippen MR) is 109 cm³/mol. The first-order valence-electron chi connectivity index (χ1n) is 8.87. The van der Waals surface area contributed by atoms with Crippen molar-refractivity contribution >= 4 is 30.3 Å². The van der Waals surface area contributed by atoms with Gasteiger partial charge in [0.05, 0.1) is 0 Å². The number of hydrogen-bond donors (Lipinski definition) is 0. The summed E-state index contributed by atoms with van der Waals surface area (Å²) in [5.41, 5.74) is 7.20. The number of rotatable bonds is 1. The van der Waals surface area contributed by atoms with E-state index < -0.39 is 0 Å². The molecule has 3 aromatic carbocycles. The van der Waals surface area contributed by atoms with Crippen LogP contribution in [-0.2, 0) is 24.2 Å². The molecule has 27 heavy (non-hydrogen) atoms. The predicted octanol–water partition coefficient (Wildman–Crippen LogP) is 0.734. The second-order valence-corrected chi connectivity index (χ2v) is 9.55. The molecule has 0 amide bonds. The average molecular weight is 476 g/mol. The van der Waals surface area contributed by atoms with Gasteiger partial charge in [-0.15, -0.1) is 33.7 Å². The SMILES string of the molecule is C[C](C)=[Zr+2].Cc1c(C)c(C)c2c([cH-]c3ccccc32)c1C1=CC=CC1.[Cl-].[Cl-]. The van der Waals surface area contributed by atoms with Crippen LogP contribution in [-0.4, -0.2) is 3.21 Å². The van der Waals surface area contributed by atoms with Gasteiger partial charge in [-0.3, -0.25) is 0 Å². The van der Waals surface area contributed by atoms with Crippen LogP contribution in [0.1, 0.15) is 42.5 Å². The molecule has 0 aromatic heterocycles. The number of allylic oxidation sites excluding steroid dienone is 4. The second-order valence-electron chi connectivity index (χ2n) is 7.09. The third-order valence-electron chi connectivity index (χ3n) is 5.04. The summed E-state index contributed by atoms with van der Waals surface area (Å²) in [6.45, 7) is 11.0. The molecule has 1 aliphatic carbocycles. The van der Waals surface area contributed by atoms with Crippen LogP contribution in [0.25, 0.3) is 27.1 Å². The van der Waals surface area contributed by atoms with E-state index in [0.717, 1.165) is 6.42 Å². The normalized spacial score (nSPS) is 12.2. The van der Waals surface area contributed by atoms with Gasteiger partial charge in [0.15, 0.2) is 0 Å². The molecule has 0 radical (unpaired) electrons. The molecule has 0 saturated heterocycles. The molecule has 0 unspecified atom stereocenters. The maximum absolute atomic E-state index is 2.37. The fraction of sp³-hybridized carbons (Fsp3) is 0.250. The average Bonchev–Trinajstić information content (AvgIpc) is 3.20. The summed E-state index contributed by atoms with van der Waals surface area (Å²) in [5, 5.41) is 5.61. The van der Waals surface area contributed by atoms with Crippen molar-refractivity contribution in [3.05, 3.63) is 70.8 Å². The van der Waals surface area contributed by atoms with Gasteiger partial charge in [0.2, 0.25) is 0 Å². The largest absolute Gasteiger partial charge is 1.00 e. The Morgan fingerprint density at radius 2 is 1.59 bits per heavy atom. The molecule has 0 spiro atoms. The Morgan fingerprint density at radius 1 is 0.963 bits per heavy atom. The zero-order valence-electron chi connectivity index (χ0n) is 16.6. The fourth-order valence-electron chi connectivity index (χ4n) is 3.73. The van der Waals surface area contributed by atoms with Crippen LogP contribution < -0.4 is 24.8 Å². The molecule has 0 bridgehead atoms. The fourth-order valence-corrected chi connectivity index (χ4v) is 3.73. The Balaban J connectivity index is 0.000000558. The van der Waals surface area contributed by atoms with Crippen molar-refractivity contribution in [1.82, 2.24) is 0 Å². The summed E-state index contributed by atoms with van der Waals surface area (Å²) >= 11 is 1.55. The number of aryl methyl sites for hydroxylation is 1. The smallest absolute Gasteiger partial charge is 0.0159 e. The quantitative estimate of drug-likeness (QED) is 0.456. The minimum atomic E-state index is 0. The molecule has 4 rings (SSSR count). The van der Waals surface area contributed by atoms with Gasteiger partial charge in [-0.1, -0.05) is 64.3 Å². The first kappa shape index (κ1) is 24.2. The third kappa shape index (κ3) is 4.76. The van der Waals surface area contributed by atoms with E-state index in [-0.39, 0.29) is 24.8 Å².